The Morgan fingerprint density at radius 1 is 1.50 bits per heavy atom. The second-order valence-electron chi connectivity index (χ2n) is 2.88. The van der Waals surface area contributed by atoms with E-state index in [0.717, 1.165) is 0 Å². The van der Waals surface area contributed by atoms with Crippen LogP contribution in [-0.4, -0.2) is 11.1 Å². The van der Waals surface area contributed by atoms with Gasteiger partial charge in [0.2, 0.25) is 0 Å². The number of carboxylic acids is 1. The molecule has 0 saturated carbocycles. The highest BCUT2D eigenvalue weighted by molar-refractivity contribution is 5.66. The fourth-order valence-corrected chi connectivity index (χ4v) is 0.867. The van der Waals surface area contributed by atoms with Gasteiger partial charge in [0.15, 0.2) is 5.41 Å². The van der Waals surface area contributed by atoms with E-state index in [9.17, 15) is 4.79 Å². The van der Waals surface area contributed by atoms with E-state index in [1.54, 1.807) is 13.0 Å². The van der Waals surface area contributed by atoms with E-state index < -0.39 is 11.4 Å². The highest BCUT2D eigenvalue weighted by atomic mass is 16.4. The molecule has 0 aromatic rings. The maximum absolute atomic E-state index is 10.2. The van der Waals surface area contributed by atoms with Crippen LogP contribution in [0.15, 0.2) is 12.2 Å². The highest BCUT2D eigenvalue weighted by Gasteiger charge is 2.23. The molecule has 0 heterocycles. The van der Waals surface area contributed by atoms with Crippen LogP contribution in [0, 0.1) is 28.1 Å². The number of hydrogen-bond acceptors (Lipinski definition) is 3. The summed E-state index contributed by atoms with van der Waals surface area (Å²) in [5.74, 6) is -0.884. The molecule has 0 aromatic carbocycles. The summed E-state index contributed by atoms with van der Waals surface area (Å²) < 4.78 is 0. The largest absolute Gasteiger partial charge is 0.481 e. The van der Waals surface area contributed by atoms with Crippen molar-refractivity contribution >= 4 is 5.97 Å². The number of carboxylic acid groups (broad SMARTS) is 1. The van der Waals surface area contributed by atoms with Gasteiger partial charge in [0.05, 0.1) is 12.1 Å². The van der Waals surface area contributed by atoms with Crippen LogP contribution in [-0.2, 0) is 4.79 Å². The summed E-state index contributed by atoms with van der Waals surface area (Å²) in [6.07, 6.45) is 3.83. The van der Waals surface area contributed by atoms with E-state index >= 15 is 0 Å². The summed E-state index contributed by atoms with van der Waals surface area (Å²) in [7, 11) is 0. The molecule has 0 spiro atoms. The van der Waals surface area contributed by atoms with Gasteiger partial charge in [-0.05, 0) is 12.8 Å². The van der Waals surface area contributed by atoms with Crippen molar-refractivity contribution < 1.29 is 9.90 Å². The number of rotatable bonds is 5. The molecule has 1 N–H and O–H groups in total. The van der Waals surface area contributed by atoms with E-state index in [0.29, 0.717) is 12.8 Å². The van der Waals surface area contributed by atoms with Gasteiger partial charge in [-0.25, -0.2) is 0 Å². The predicted molar refractivity (Wildman–Crippen MR) is 50.0 cm³/mol. The lowest BCUT2D eigenvalue weighted by Gasteiger charge is -2.08. The van der Waals surface area contributed by atoms with Gasteiger partial charge in [-0.15, -0.1) is 0 Å². The molecule has 0 fully saturated rings. The highest BCUT2D eigenvalue weighted by Crippen LogP contribution is 2.21. The van der Waals surface area contributed by atoms with Crippen LogP contribution in [0.2, 0.25) is 0 Å². The fourth-order valence-electron chi connectivity index (χ4n) is 0.867. The van der Waals surface area contributed by atoms with Crippen LogP contribution < -0.4 is 0 Å². The summed E-state index contributed by atoms with van der Waals surface area (Å²) in [5, 5.41) is 25.8. The number of hydrogen-bond donors (Lipinski definition) is 1. The Labute approximate surface area is 83.1 Å². The van der Waals surface area contributed by atoms with Crippen LogP contribution in [0.3, 0.4) is 0 Å². The lowest BCUT2D eigenvalue weighted by molar-refractivity contribution is -0.136. The Morgan fingerprint density at radius 2 is 2.07 bits per heavy atom. The van der Waals surface area contributed by atoms with Crippen LogP contribution >= 0.6 is 0 Å². The number of nitriles is 2. The van der Waals surface area contributed by atoms with E-state index in [2.05, 4.69) is 0 Å². The lowest BCUT2D eigenvalue weighted by atomic mass is 9.88. The number of aliphatic carboxylic acids is 1. The van der Waals surface area contributed by atoms with Crippen molar-refractivity contribution in [3.63, 3.8) is 0 Å². The summed E-state index contributed by atoms with van der Waals surface area (Å²) in [6.45, 7) is 1.74. The predicted octanol–water partition coefficient (Wildman–Crippen LogP) is 1.85. The third-order valence-corrected chi connectivity index (χ3v) is 1.88. The molecule has 0 atom stereocenters. The van der Waals surface area contributed by atoms with Crippen molar-refractivity contribution in [3.05, 3.63) is 12.2 Å². The molecule has 4 nitrogen and oxygen atoms in total. The quantitative estimate of drug-likeness (QED) is 0.673. The average Bonchev–Trinajstić information content (AvgIpc) is 2.19. The molecule has 0 aliphatic rings. The van der Waals surface area contributed by atoms with Crippen LogP contribution in [0.4, 0.5) is 0 Å². The Morgan fingerprint density at radius 3 is 2.43 bits per heavy atom. The number of carbonyl (C=O) groups is 1. The fraction of sp³-hybridized carbons (Fsp3) is 0.500. The minimum Gasteiger partial charge on any atom is -0.481 e. The van der Waals surface area contributed by atoms with Gasteiger partial charge in [0.25, 0.3) is 0 Å². The first kappa shape index (κ1) is 12.2. The minimum atomic E-state index is -1.10. The monoisotopic (exact) mass is 192 g/mol. The normalized spacial score (nSPS) is 10.8. The van der Waals surface area contributed by atoms with Crippen molar-refractivity contribution in [1.29, 1.82) is 10.5 Å². The zero-order valence-corrected chi connectivity index (χ0v) is 8.03. The molecule has 0 rings (SSSR count). The van der Waals surface area contributed by atoms with Gasteiger partial charge in [0, 0.05) is 6.42 Å². The Kier molecular flexibility index (Phi) is 5.02. The zero-order valence-electron chi connectivity index (χ0n) is 8.03. The molecule has 0 aliphatic carbocycles. The molecule has 0 unspecified atom stereocenters. The molecule has 4 heteroatoms. The van der Waals surface area contributed by atoms with E-state index in [-0.39, 0.29) is 6.42 Å². The summed E-state index contributed by atoms with van der Waals surface area (Å²) >= 11 is 0. The molecule has 74 valence electrons. The molecular formula is C10H12N2O2. The third-order valence-electron chi connectivity index (χ3n) is 1.88. The maximum Gasteiger partial charge on any atom is 0.303 e. The van der Waals surface area contributed by atoms with Crippen molar-refractivity contribution in [2.24, 2.45) is 5.41 Å². The van der Waals surface area contributed by atoms with Crippen LogP contribution in [0.5, 0.6) is 0 Å². The van der Waals surface area contributed by atoms with E-state index in [4.69, 9.17) is 15.6 Å². The van der Waals surface area contributed by atoms with Crippen LogP contribution in [0.1, 0.15) is 26.2 Å². The molecule has 0 bridgehead atoms. The Balaban J connectivity index is 4.27. The van der Waals surface area contributed by atoms with Crippen molar-refractivity contribution in [2.75, 3.05) is 0 Å². The second kappa shape index (κ2) is 5.77. The smallest absolute Gasteiger partial charge is 0.303 e. The molecule has 0 radical (unpaired) electrons. The number of nitrogens with zero attached hydrogens (tertiary/aromatic N) is 2. The molecular weight excluding hydrogens is 180 g/mol. The first-order chi connectivity index (χ1) is 6.60. The Hall–Kier alpha value is -1.81. The molecule has 0 aromatic heterocycles. The van der Waals surface area contributed by atoms with E-state index in [1.807, 2.05) is 12.1 Å². The SMILES string of the molecule is CCC(C#N)(C#N)C=CCCC(=O)O. The topological polar surface area (TPSA) is 84.9 Å². The lowest BCUT2D eigenvalue weighted by Crippen LogP contribution is -2.10. The zero-order chi connectivity index (χ0) is 11.0. The molecule has 0 aliphatic heterocycles. The van der Waals surface area contributed by atoms with Crippen molar-refractivity contribution in [3.8, 4) is 12.1 Å². The molecule has 14 heavy (non-hydrogen) atoms. The van der Waals surface area contributed by atoms with Gasteiger partial charge in [-0.1, -0.05) is 19.1 Å². The third kappa shape index (κ3) is 3.73. The van der Waals surface area contributed by atoms with E-state index in [1.165, 1.54) is 6.08 Å². The van der Waals surface area contributed by atoms with Gasteiger partial charge in [0.1, 0.15) is 0 Å². The maximum atomic E-state index is 10.2. The number of allylic oxidation sites excluding steroid dienone is 2. The van der Waals surface area contributed by atoms with Gasteiger partial charge < -0.3 is 5.11 Å². The summed E-state index contributed by atoms with van der Waals surface area (Å²) in [6, 6.07) is 3.82. The standard InChI is InChI=1S/C10H12N2O2/c1-2-10(7-11,8-12)6-4-3-5-9(13)14/h4,6H,2-3,5H2,1H3,(H,13,14). The first-order valence-corrected chi connectivity index (χ1v) is 4.32. The van der Waals surface area contributed by atoms with Crippen LogP contribution in [0.25, 0.3) is 0 Å². The van der Waals surface area contributed by atoms with Gasteiger partial charge in [-0.2, -0.15) is 10.5 Å². The molecule has 0 saturated heterocycles. The van der Waals surface area contributed by atoms with Crippen molar-refractivity contribution in [2.45, 2.75) is 26.2 Å². The Bertz CT molecular complexity index is 293. The first-order valence-electron chi connectivity index (χ1n) is 4.32. The summed E-state index contributed by atoms with van der Waals surface area (Å²) in [5.41, 5.74) is -1.10. The second-order valence-corrected chi connectivity index (χ2v) is 2.88. The van der Waals surface area contributed by atoms with Crippen molar-refractivity contribution in [1.82, 2.24) is 0 Å². The minimum absolute atomic E-state index is 0.0210. The van der Waals surface area contributed by atoms with Gasteiger partial charge >= 0.3 is 5.97 Å². The average molecular weight is 192 g/mol. The van der Waals surface area contributed by atoms with Gasteiger partial charge in [-0.3, -0.25) is 4.79 Å². The molecule has 0 amide bonds. The summed E-state index contributed by atoms with van der Waals surface area (Å²) in [4.78, 5) is 10.2.